The second-order valence-electron chi connectivity index (χ2n) is 8.57. The molecule has 0 amide bonds. The van der Waals surface area contributed by atoms with Gasteiger partial charge in [0.2, 0.25) is 15.9 Å². The quantitative estimate of drug-likeness (QED) is 0.295. The lowest BCUT2D eigenvalue weighted by molar-refractivity contribution is 0.0272. The first-order chi connectivity index (χ1) is 17.1. The number of amidine groups is 1. The van der Waals surface area contributed by atoms with Gasteiger partial charge in [0.25, 0.3) is 5.56 Å². The van der Waals surface area contributed by atoms with Gasteiger partial charge >= 0.3 is 0 Å². The first-order valence-corrected chi connectivity index (χ1v) is 13.6. The van der Waals surface area contributed by atoms with Crippen molar-refractivity contribution < 1.29 is 27.4 Å². The van der Waals surface area contributed by atoms with Gasteiger partial charge in [-0.15, -0.1) is 0 Å². The lowest BCUT2D eigenvalue weighted by atomic mass is 9.91. The fourth-order valence-corrected chi connectivity index (χ4v) is 5.02. The lowest BCUT2D eigenvalue weighted by Gasteiger charge is -2.32. The number of methoxy groups -OCH3 is 1. The average molecular weight is 530 g/mol. The van der Waals surface area contributed by atoms with E-state index in [4.69, 9.17) is 9.47 Å². The van der Waals surface area contributed by atoms with E-state index in [1.54, 1.807) is 0 Å². The molecule has 0 saturated carbocycles. The summed E-state index contributed by atoms with van der Waals surface area (Å²) in [5.74, 6) is -1.37. The van der Waals surface area contributed by atoms with E-state index in [-0.39, 0.29) is 24.8 Å². The number of nitrogens with zero attached hydrogens (tertiary/aromatic N) is 4. The summed E-state index contributed by atoms with van der Waals surface area (Å²) < 4.78 is 53.0. The second kappa shape index (κ2) is 14.2. The van der Waals surface area contributed by atoms with E-state index >= 15 is 0 Å². The minimum Gasteiger partial charge on any atom is -0.492 e. The molecule has 2 N–H and O–H groups in total. The Bertz CT molecular complexity index is 1110. The Kier molecular flexibility index (Phi) is 11.7. The van der Waals surface area contributed by atoms with Crippen LogP contribution in [-0.4, -0.2) is 68.3 Å². The van der Waals surface area contributed by atoms with Crippen LogP contribution >= 0.6 is 0 Å². The third-order valence-electron chi connectivity index (χ3n) is 5.83. The molecule has 1 atom stereocenters. The number of rotatable bonds is 13. The SMILES string of the molecule is C=NC(CCS(=O)(=O)Nc1c(O)nc(CCCC)n([C@@H](COC)C2CCOCC2)c1=O)=N/C=C(\C)F. The number of hydrogen-bond donors (Lipinski definition) is 2. The molecule has 0 aliphatic carbocycles. The molecule has 0 unspecified atom stereocenters. The van der Waals surface area contributed by atoms with E-state index in [2.05, 4.69) is 26.4 Å². The van der Waals surface area contributed by atoms with Crippen molar-refractivity contribution in [1.82, 2.24) is 9.55 Å². The largest absolute Gasteiger partial charge is 0.492 e. The third-order valence-corrected chi connectivity index (χ3v) is 7.09. The van der Waals surface area contributed by atoms with Crippen molar-refractivity contribution in [3.05, 3.63) is 28.2 Å². The van der Waals surface area contributed by atoms with Gasteiger partial charge in [-0.2, -0.15) is 4.98 Å². The molecule has 0 radical (unpaired) electrons. The van der Waals surface area contributed by atoms with E-state index in [9.17, 15) is 22.7 Å². The summed E-state index contributed by atoms with van der Waals surface area (Å²) >= 11 is 0. The monoisotopic (exact) mass is 529 g/mol. The number of aryl methyl sites for hydroxylation is 1. The Morgan fingerprint density at radius 1 is 1.44 bits per heavy atom. The third kappa shape index (κ3) is 8.49. The molecule has 0 spiro atoms. The molecule has 1 aliphatic rings. The molecule has 2 rings (SSSR count). The van der Waals surface area contributed by atoms with Crippen LogP contribution in [-0.2, 0) is 25.9 Å². The van der Waals surface area contributed by atoms with Gasteiger partial charge < -0.3 is 14.6 Å². The summed E-state index contributed by atoms with van der Waals surface area (Å²) in [5, 5.41) is 10.5. The standard InChI is InChI=1S/C23H36FN5O6S/c1-5-6-7-20-27-22(30)21(28-36(32,33)13-10-19(25-3)26-14-16(2)24)23(31)29(20)18(15-34-4)17-8-11-35-12-9-17/h14,17-18,28,30H,3,5-13,15H2,1-2,4H3/b16-14+,26-19?/t18-/m0/s1. The summed E-state index contributed by atoms with van der Waals surface area (Å²) in [6.45, 7) is 7.80. The lowest BCUT2D eigenvalue weighted by Crippen LogP contribution is -2.39. The number of sulfonamides is 1. The first-order valence-electron chi connectivity index (χ1n) is 11.9. The van der Waals surface area contributed by atoms with Gasteiger partial charge in [0.1, 0.15) is 17.5 Å². The van der Waals surface area contributed by atoms with E-state index in [0.717, 1.165) is 19.0 Å². The highest BCUT2D eigenvalue weighted by Gasteiger charge is 2.31. The zero-order valence-electron chi connectivity index (χ0n) is 21.1. The molecule has 36 heavy (non-hydrogen) atoms. The number of nitrogens with one attached hydrogen (secondary N) is 1. The Morgan fingerprint density at radius 3 is 2.72 bits per heavy atom. The molecule has 1 saturated heterocycles. The van der Waals surface area contributed by atoms with Crippen LogP contribution in [0.1, 0.15) is 57.8 Å². The summed E-state index contributed by atoms with van der Waals surface area (Å²) in [6, 6.07) is -0.408. The van der Waals surface area contributed by atoms with E-state index in [0.29, 0.717) is 38.3 Å². The van der Waals surface area contributed by atoms with Crippen LogP contribution in [0.25, 0.3) is 0 Å². The van der Waals surface area contributed by atoms with Crippen LogP contribution in [0.4, 0.5) is 10.1 Å². The molecular formula is C23H36FN5O6S. The first kappa shape index (κ1) is 29.6. The van der Waals surface area contributed by atoms with Gasteiger partial charge in [0.15, 0.2) is 5.69 Å². The van der Waals surface area contributed by atoms with E-state index in [1.807, 2.05) is 6.92 Å². The van der Waals surface area contributed by atoms with Crippen molar-refractivity contribution in [3.8, 4) is 5.88 Å². The Balaban J connectivity index is 2.45. The maximum atomic E-state index is 13.6. The topological polar surface area (TPSA) is 144 Å². The molecular weight excluding hydrogens is 493 g/mol. The molecule has 1 aromatic rings. The maximum absolute atomic E-state index is 13.6. The minimum absolute atomic E-state index is 0.00622. The van der Waals surface area contributed by atoms with Gasteiger partial charge in [-0.3, -0.25) is 14.1 Å². The molecule has 11 nitrogen and oxygen atoms in total. The number of aromatic nitrogens is 2. The molecule has 1 aromatic heterocycles. The zero-order valence-corrected chi connectivity index (χ0v) is 21.9. The second-order valence-corrected chi connectivity index (χ2v) is 10.4. The van der Waals surface area contributed by atoms with Gasteiger partial charge in [-0.25, -0.2) is 22.8 Å². The number of hydrogen-bond acceptors (Lipinski definition) is 8. The fourth-order valence-electron chi connectivity index (χ4n) is 3.98. The van der Waals surface area contributed by atoms with Crippen molar-refractivity contribution in [2.75, 3.05) is 37.4 Å². The molecule has 0 bridgehead atoms. The van der Waals surface area contributed by atoms with Crippen molar-refractivity contribution >= 4 is 28.3 Å². The van der Waals surface area contributed by atoms with Crippen LogP contribution in [0.3, 0.4) is 0 Å². The predicted molar refractivity (Wildman–Crippen MR) is 137 cm³/mol. The smallest absolute Gasteiger partial charge is 0.282 e. The average Bonchev–Trinajstić information content (AvgIpc) is 2.84. The van der Waals surface area contributed by atoms with Gasteiger partial charge in [-0.05, 0) is 38.8 Å². The van der Waals surface area contributed by atoms with Crippen LogP contribution in [0.15, 0.2) is 26.8 Å². The van der Waals surface area contributed by atoms with Crippen LogP contribution in [0.2, 0.25) is 0 Å². The molecule has 202 valence electrons. The Morgan fingerprint density at radius 2 is 2.14 bits per heavy atom. The maximum Gasteiger partial charge on any atom is 0.282 e. The number of aliphatic imine (C=N–C) groups is 2. The van der Waals surface area contributed by atoms with E-state index < -0.39 is 44.8 Å². The molecule has 13 heteroatoms. The zero-order chi connectivity index (χ0) is 26.7. The summed E-state index contributed by atoms with van der Waals surface area (Å²) in [5.41, 5.74) is -1.23. The molecule has 1 aliphatic heterocycles. The van der Waals surface area contributed by atoms with Crippen LogP contribution < -0.4 is 10.3 Å². The van der Waals surface area contributed by atoms with Gasteiger partial charge in [-0.1, -0.05) is 13.3 Å². The summed E-state index contributed by atoms with van der Waals surface area (Å²) in [6.07, 6.45) is 4.14. The number of anilines is 1. The number of ether oxygens (including phenoxy) is 2. The number of unbranched alkanes of at least 4 members (excludes halogenated alkanes) is 1. The van der Waals surface area contributed by atoms with E-state index in [1.165, 1.54) is 18.6 Å². The Hall–Kier alpha value is -2.64. The highest BCUT2D eigenvalue weighted by molar-refractivity contribution is 7.92. The van der Waals surface area contributed by atoms with Crippen LogP contribution in [0, 0.1) is 5.92 Å². The van der Waals surface area contributed by atoms with Crippen molar-refractivity contribution in [2.24, 2.45) is 15.9 Å². The number of halogens is 1. The van der Waals surface area contributed by atoms with Gasteiger partial charge in [0.05, 0.1) is 24.6 Å². The summed E-state index contributed by atoms with van der Waals surface area (Å²) in [4.78, 5) is 25.2. The highest BCUT2D eigenvalue weighted by Crippen LogP contribution is 2.30. The van der Waals surface area contributed by atoms with Crippen molar-refractivity contribution in [3.63, 3.8) is 0 Å². The van der Waals surface area contributed by atoms with Crippen LogP contribution in [0.5, 0.6) is 5.88 Å². The normalized spacial score (nSPS) is 16.7. The molecule has 1 fully saturated rings. The Labute approximate surface area is 211 Å². The molecule has 0 aromatic carbocycles. The number of aromatic hydroxyl groups is 1. The van der Waals surface area contributed by atoms with Crippen molar-refractivity contribution in [1.29, 1.82) is 0 Å². The predicted octanol–water partition coefficient (Wildman–Crippen LogP) is 2.97. The minimum atomic E-state index is -4.13. The fraction of sp³-hybridized carbons (Fsp3) is 0.652. The molecule has 2 heterocycles. The van der Waals surface area contributed by atoms with Crippen molar-refractivity contribution in [2.45, 2.75) is 58.4 Å². The highest BCUT2D eigenvalue weighted by atomic mass is 32.2. The van der Waals surface area contributed by atoms with Gasteiger partial charge in [0, 0.05) is 33.2 Å². The summed E-state index contributed by atoms with van der Waals surface area (Å²) in [7, 11) is -2.60. The number of allylic oxidation sites excluding steroid dienone is 1.